The van der Waals surface area contributed by atoms with E-state index in [0.29, 0.717) is 11.4 Å². The Hall–Kier alpha value is -3.68. The van der Waals surface area contributed by atoms with Gasteiger partial charge in [0, 0.05) is 36.8 Å². The molecule has 1 amide bonds. The van der Waals surface area contributed by atoms with E-state index >= 15 is 0 Å². The van der Waals surface area contributed by atoms with E-state index in [1.165, 1.54) is 0 Å². The number of carbonyl (C=O) groups excluding carboxylic acids is 1. The van der Waals surface area contributed by atoms with E-state index < -0.39 is 0 Å². The summed E-state index contributed by atoms with van der Waals surface area (Å²) in [6.45, 7) is 0.766. The van der Waals surface area contributed by atoms with Crippen LogP contribution in [0.5, 0.6) is 5.88 Å². The molecule has 4 aromatic rings. The number of rotatable bonds is 4. The zero-order valence-electron chi connectivity index (χ0n) is 15.2. The van der Waals surface area contributed by atoms with Crippen LogP contribution in [0.1, 0.15) is 28.5 Å². The topological polar surface area (TPSA) is 86.3 Å². The molecule has 0 bridgehead atoms. The summed E-state index contributed by atoms with van der Waals surface area (Å²) in [6, 6.07) is 11.3. The zero-order valence-corrected chi connectivity index (χ0v) is 15.2. The predicted molar refractivity (Wildman–Crippen MR) is 102 cm³/mol. The highest BCUT2D eigenvalue weighted by molar-refractivity contribution is 5.95. The summed E-state index contributed by atoms with van der Waals surface area (Å²) in [5.41, 5.74) is 4.26. The molecule has 1 aliphatic heterocycles. The molecule has 1 atom stereocenters. The third-order valence-electron chi connectivity index (χ3n) is 4.98. The molecule has 0 radical (unpaired) electrons. The summed E-state index contributed by atoms with van der Waals surface area (Å²) < 4.78 is 8.84. The van der Waals surface area contributed by atoms with E-state index in [1.54, 1.807) is 30.2 Å². The number of aryl methyl sites for hydroxylation is 1. The standard InChI is InChI=1S/C20H18N6O2/c1-28-19-10-13(4-7-21-19)17-11-18-16(5-8-25(18)24-17)23-20(27)14-9-15-3-2-6-22-26(15)12-14/h2-4,6-7,9-12,16H,5,8H2,1H3,(H,23,27)/t16-/m0/s1. The van der Waals surface area contributed by atoms with Gasteiger partial charge in [-0.2, -0.15) is 10.2 Å². The van der Waals surface area contributed by atoms with Crippen molar-refractivity contribution in [1.82, 2.24) is 29.7 Å². The van der Waals surface area contributed by atoms with E-state index in [9.17, 15) is 4.79 Å². The minimum atomic E-state index is -0.114. The first-order chi connectivity index (χ1) is 13.7. The fraction of sp³-hybridized carbons (Fsp3) is 0.200. The number of pyridine rings is 1. The van der Waals surface area contributed by atoms with Crippen molar-refractivity contribution < 1.29 is 9.53 Å². The second kappa shape index (κ2) is 6.49. The number of hydrogen-bond donors (Lipinski definition) is 1. The van der Waals surface area contributed by atoms with Crippen LogP contribution in [0.15, 0.2) is 55.0 Å². The largest absolute Gasteiger partial charge is 0.481 e. The number of amides is 1. The van der Waals surface area contributed by atoms with Gasteiger partial charge in [0.25, 0.3) is 5.91 Å². The lowest BCUT2D eigenvalue weighted by molar-refractivity contribution is 0.0936. The minimum Gasteiger partial charge on any atom is -0.481 e. The number of hydrogen-bond acceptors (Lipinski definition) is 5. The van der Waals surface area contributed by atoms with Crippen LogP contribution in [-0.2, 0) is 6.54 Å². The van der Waals surface area contributed by atoms with Crippen molar-refractivity contribution in [3.8, 4) is 17.1 Å². The maximum Gasteiger partial charge on any atom is 0.253 e. The van der Waals surface area contributed by atoms with Crippen molar-refractivity contribution in [2.75, 3.05) is 7.11 Å². The zero-order chi connectivity index (χ0) is 19.1. The van der Waals surface area contributed by atoms with Gasteiger partial charge in [-0.15, -0.1) is 0 Å². The first-order valence-corrected chi connectivity index (χ1v) is 9.04. The number of methoxy groups -OCH3 is 1. The lowest BCUT2D eigenvalue weighted by atomic mass is 10.1. The van der Waals surface area contributed by atoms with Crippen LogP contribution < -0.4 is 10.1 Å². The summed E-state index contributed by atoms with van der Waals surface area (Å²) >= 11 is 0. The number of fused-ring (bicyclic) bond motifs is 2. The Morgan fingerprint density at radius 1 is 1.25 bits per heavy atom. The van der Waals surface area contributed by atoms with Gasteiger partial charge in [-0.25, -0.2) is 9.50 Å². The molecule has 5 heterocycles. The van der Waals surface area contributed by atoms with Gasteiger partial charge in [0.05, 0.1) is 35.6 Å². The van der Waals surface area contributed by atoms with Gasteiger partial charge >= 0.3 is 0 Å². The first-order valence-electron chi connectivity index (χ1n) is 9.04. The first kappa shape index (κ1) is 16.5. The second-order valence-electron chi connectivity index (χ2n) is 6.70. The van der Waals surface area contributed by atoms with Crippen molar-refractivity contribution in [2.45, 2.75) is 19.0 Å². The van der Waals surface area contributed by atoms with E-state index in [-0.39, 0.29) is 11.9 Å². The summed E-state index contributed by atoms with van der Waals surface area (Å²) in [4.78, 5) is 16.9. The molecule has 5 rings (SSSR count). The molecule has 0 saturated carbocycles. The average Bonchev–Trinajstić information content (AvgIpc) is 3.43. The van der Waals surface area contributed by atoms with Gasteiger partial charge in [0.15, 0.2) is 0 Å². The Balaban J connectivity index is 1.38. The molecule has 28 heavy (non-hydrogen) atoms. The maximum atomic E-state index is 12.7. The van der Waals surface area contributed by atoms with E-state index in [0.717, 1.165) is 35.4 Å². The third-order valence-corrected chi connectivity index (χ3v) is 4.98. The quantitative estimate of drug-likeness (QED) is 0.593. The van der Waals surface area contributed by atoms with Gasteiger partial charge < -0.3 is 10.1 Å². The molecule has 0 aromatic carbocycles. The summed E-state index contributed by atoms with van der Waals surface area (Å²) in [5, 5.41) is 12.0. The fourth-order valence-corrected chi connectivity index (χ4v) is 3.57. The highest BCUT2D eigenvalue weighted by Crippen LogP contribution is 2.30. The number of aromatic nitrogens is 5. The van der Waals surface area contributed by atoms with Crippen LogP contribution in [0.3, 0.4) is 0 Å². The number of ether oxygens (including phenoxy) is 1. The summed E-state index contributed by atoms with van der Waals surface area (Å²) in [6.07, 6.45) is 5.95. The molecular formula is C20H18N6O2. The molecule has 0 spiro atoms. The van der Waals surface area contributed by atoms with Gasteiger partial charge in [0.1, 0.15) is 0 Å². The lowest BCUT2D eigenvalue weighted by Crippen LogP contribution is -2.26. The van der Waals surface area contributed by atoms with Gasteiger partial charge in [-0.3, -0.25) is 9.48 Å². The number of nitrogens with one attached hydrogen (secondary N) is 1. The predicted octanol–water partition coefficient (Wildman–Crippen LogP) is 2.48. The number of nitrogens with zero attached hydrogens (tertiary/aromatic N) is 5. The van der Waals surface area contributed by atoms with Crippen molar-refractivity contribution in [1.29, 1.82) is 0 Å². The van der Waals surface area contributed by atoms with E-state index in [4.69, 9.17) is 4.74 Å². The van der Waals surface area contributed by atoms with Crippen molar-refractivity contribution in [3.63, 3.8) is 0 Å². The molecule has 0 unspecified atom stereocenters. The Morgan fingerprint density at radius 3 is 3.04 bits per heavy atom. The Morgan fingerprint density at radius 2 is 2.18 bits per heavy atom. The van der Waals surface area contributed by atoms with Crippen LogP contribution in [0, 0.1) is 0 Å². The molecule has 1 N–H and O–H groups in total. The maximum absolute atomic E-state index is 12.7. The van der Waals surface area contributed by atoms with Crippen LogP contribution in [-0.4, -0.2) is 37.4 Å². The smallest absolute Gasteiger partial charge is 0.253 e. The highest BCUT2D eigenvalue weighted by atomic mass is 16.5. The monoisotopic (exact) mass is 374 g/mol. The minimum absolute atomic E-state index is 0.0755. The molecule has 140 valence electrons. The SMILES string of the molecule is COc1cc(-c2cc3n(n2)CC[C@@H]3NC(=O)c2cc3cccnn3c2)ccn1. The van der Waals surface area contributed by atoms with Crippen LogP contribution in [0.2, 0.25) is 0 Å². The van der Waals surface area contributed by atoms with Crippen LogP contribution in [0.25, 0.3) is 16.8 Å². The molecule has 8 heteroatoms. The van der Waals surface area contributed by atoms with Crippen LogP contribution in [0.4, 0.5) is 0 Å². The fourth-order valence-electron chi connectivity index (χ4n) is 3.57. The molecular weight excluding hydrogens is 356 g/mol. The van der Waals surface area contributed by atoms with Crippen LogP contribution >= 0.6 is 0 Å². The Bertz CT molecular complexity index is 1150. The van der Waals surface area contributed by atoms with Crippen molar-refractivity contribution in [3.05, 3.63) is 66.2 Å². The van der Waals surface area contributed by atoms with Crippen molar-refractivity contribution >= 4 is 11.4 Å². The Kier molecular flexibility index (Phi) is 3.82. The summed E-state index contributed by atoms with van der Waals surface area (Å²) in [5.74, 6) is 0.433. The third kappa shape index (κ3) is 2.79. The van der Waals surface area contributed by atoms with Gasteiger partial charge in [-0.05, 0) is 36.8 Å². The number of carbonyl (C=O) groups is 1. The summed E-state index contributed by atoms with van der Waals surface area (Å²) in [7, 11) is 1.59. The second-order valence-corrected chi connectivity index (χ2v) is 6.70. The van der Waals surface area contributed by atoms with Crippen molar-refractivity contribution in [2.24, 2.45) is 0 Å². The molecule has 0 aliphatic carbocycles. The van der Waals surface area contributed by atoms with Gasteiger partial charge in [-0.1, -0.05) is 0 Å². The molecule has 1 aliphatic rings. The molecule has 8 nitrogen and oxygen atoms in total. The lowest BCUT2D eigenvalue weighted by Gasteiger charge is -2.10. The normalized spacial score (nSPS) is 15.5. The van der Waals surface area contributed by atoms with E-state index in [1.807, 2.05) is 41.1 Å². The molecule has 0 saturated heterocycles. The van der Waals surface area contributed by atoms with E-state index in [2.05, 4.69) is 20.5 Å². The molecule has 4 aromatic heterocycles. The highest BCUT2D eigenvalue weighted by Gasteiger charge is 2.27. The average molecular weight is 374 g/mol. The molecule has 0 fully saturated rings. The van der Waals surface area contributed by atoms with Gasteiger partial charge in [0.2, 0.25) is 5.88 Å². The Labute approximate surface area is 160 Å².